The Morgan fingerprint density at radius 1 is 0.947 bits per heavy atom. The van der Waals surface area contributed by atoms with Gasteiger partial charge in [0.05, 0.1) is 39.9 Å². The summed E-state index contributed by atoms with van der Waals surface area (Å²) >= 11 is 0. The number of rotatable bonds is 13. The minimum Gasteiger partial charge on any atom is -0.497 e. The maximum absolute atomic E-state index is 13.9. The van der Waals surface area contributed by atoms with Gasteiger partial charge in [-0.05, 0) is 24.6 Å². The van der Waals surface area contributed by atoms with Crippen molar-refractivity contribution in [2.45, 2.75) is 44.6 Å². The molecule has 0 amide bonds. The molecular formula is C30H39LiO7-2. The normalized spacial score (nSPS) is 15.9. The van der Waals surface area contributed by atoms with Gasteiger partial charge in [0.1, 0.15) is 17.6 Å². The summed E-state index contributed by atoms with van der Waals surface area (Å²) in [7, 11) is 6.14. The van der Waals surface area contributed by atoms with E-state index in [1.165, 1.54) is 14.2 Å². The van der Waals surface area contributed by atoms with E-state index in [1.54, 1.807) is 38.5 Å². The summed E-state index contributed by atoms with van der Waals surface area (Å²) in [5, 5.41) is 0. The van der Waals surface area contributed by atoms with Crippen LogP contribution in [0, 0.1) is 33.1 Å². The van der Waals surface area contributed by atoms with Crippen LogP contribution >= 0.6 is 0 Å². The molecule has 7 nitrogen and oxygen atoms in total. The monoisotopic (exact) mass is 518 g/mol. The number of carbonyl (C=O) groups excluding carboxylic acids is 2. The molecule has 2 unspecified atom stereocenters. The minimum atomic E-state index is -0.609. The van der Waals surface area contributed by atoms with Crippen LogP contribution in [0.4, 0.5) is 0 Å². The van der Waals surface area contributed by atoms with Crippen molar-refractivity contribution >= 4 is 12.1 Å². The molecule has 2 aromatic rings. The summed E-state index contributed by atoms with van der Waals surface area (Å²) in [6.07, 6.45) is 5.16. The van der Waals surface area contributed by atoms with Gasteiger partial charge in [0.25, 0.3) is 0 Å². The molecule has 0 fully saturated rings. The number of carbonyl (C=O) groups is 2. The molecular weight excluding hydrogens is 479 g/mol. The minimum absolute atomic E-state index is 0. The Bertz CT molecular complexity index is 1040. The van der Waals surface area contributed by atoms with Crippen LogP contribution < -0.4 is 42.5 Å². The quantitative estimate of drug-likeness (QED) is 0.174. The van der Waals surface area contributed by atoms with Gasteiger partial charge in [-0.3, -0.25) is 9.59 Å². The third kappa shape index (κ3) is 7.06. The first-order chi connectivity index (χ1) is 17.5. The van der Waals surface area contributed by atoms with Gasteiger partial charge in [-0.2, -0.15) is 12.8 Å². The van der Waals surface area contributed by atoms with Gasteiger partial charge in [-0.25, -0.2) is 0 Å². The molecule has 0 radical (unpaired) electrons. The second-order valence-electron chi connectivity index (χ2n) is 8.90. The fourth-order valence-electron chi connectivity index (χ4n) is 4.80. The van der Waals surface area contributed by atoms with Crippen LogP contribution in [0.5, 0.6) is 28.7 Å². The molecule has 0 aromatic heterocycles. The zero-order valence-electron chi connectivity index (χ0n) is 23.6. The van der Waals surface area contributed by atoms with Crippen molar-refractivity contribution in [3.63, 3.8) is 0 Å². The number of aldehydes is 1. The molecule has 3 rings (SSSR count). The van der Waals surface area contributed by atoms with Crippen LogP contribution in [-0.4, -0.2) is 40.5 Å². The van der Waals surface area contributed by atoms with E-state index in [1.807, 2.05) is 0 Å². The third-order valence-electron chi connectivity index (χ3n) is 6.88. The van der Waals surface area contributed by atoms with E-state index in [0.29, 0.717) is 52.9 Å². The van der Waals surface area contributed by atoms with Crippen molar-refractivity contribution < 1.29 is 52.1 Å². The molecule has 1 aliphatic rings. The number of ketones is 1. The zero-order valence-corrected chi connectivity index (χ0v) is 23.6. The molecule has 8 heteroatoms. The number of benzene rings is 2. The van der Waals surface area contributed by atoms with Crippen molar-refractivity contribution in [1.82, 2.24) is 0 Å². The summed E-state index contributed by atoms with van der Waals surface area (Å²) in [6.45, 7) is 8.01. The molecule has 0 saturated carbocycles. The Labute approximate surface area is 239 Å². The summed E-state index contributed by atoms with van der Waals surface area (Å²) < 4.78 is 28.3. The average Bonchev–Trinajstić information content (AvgIpc) is 2.92. The number of hydrogen-bond acceptors (Lipinski definition) is 7. The smallest absolute Gasteiger partial charge is 0.497 e. The fraction of sp³-hybridized carbons (Fsp3) is 0.433. The molecule has 1 heterocycles. The van der Waals surface area contributed by atoms with Gasteiger partial charge in [-0.15, -0.1) is 0 Å². The van der Waals surface area contributed by atoms with Gasteiger partial charge in [0.2, 0.25) is 5.75 Å². The van der Waals surface area contributed by atoms with Crippen molar-refractivity contribution in [2.75, 3.05) is 28.4 Å². The van der Waals surface area contributed by atoms with E-state index >= 15 is 0 Å². The molecule has 38 heavy (non-hydrogen) atoms. The predicted molar refractivity (Wildman–Crippen MR) is 144 cm³/mol. The molecule has 2 aromatic carbocycles. The number of methoxy groups -OCH3 is 4. The van der Waals surface area contributed by atoms with E-state index < -0.39 is 12.0 Å². The molecule has 0 saturated heterocycles. The Balaban J connectivity index is 0.00000361. The Morgan fingerprint density at radius 2 is 1.58 bits per heavy atom. The van der Waals surface area contributed by atoms with E-state index in [4.69, 9.17) is 23.7 Å². The largest absolute Gasteiger partial charge is 1.00 e. The molecule has 0 bridgehead atoms. The van der Waals surface area contributed by atoms with Gasteiger partial charge < -0.3 is 45.0 Å². The molecule has 0 aliphatic carbocycles. The van der Waals surface area contributed by atoms with Crippen LogP contribution in [0.25, 0.3) is 0 Å². The van der Waals surface area contributed by atoms with E-state index in [0.717, 1.165) is 37.7 Å². The first-order valence-electron chi connectivity index (χ1n) is 12.2. The van der Waals surface area contributed by atoms with Crippen molar-refractivity contribution in [2.24, 2.45) is 11.8 Å². The fourth-order valence-corrected chi connectivity index (χ4v) is 4.80. The summed E-state index contributed by atoms with van der Waals surface area (Å²) in [6, 6.07) is 6.82. The Kier molecular flexibility index (Phi) is 13.8. The van der Waals surface area contributed by atoms with Crippen LogP contribution in [0.1, 0.15) is 70.9 Å². The maximum atomic E-state index is 13.9. The second-order valence-corrected chi connectivity index (χ2v) is 8.90. The standard InChI is InChI=1S/C29H36O7.CH3.Li/c1-7-18(8-2)11-9-10-12-22-27(31)26-20(17-30)13-21(32-3)16-23(26)36-28(22)19-14-24(33-4)29(35-6)25(15-19)34-5;;/h13-18,22,28H,1-2,7-12H2,3-6H3;1H3;/q-2;-1;+1. The first kappa shape index (κ1) is 33.4. The summed E-state index contributed by atoms with van der Waals surface area (Å²) in [5.41, 5.74) is 1.28. The van der Waals surface area contributed by atoms with Crippen molar-refractivity contribution in [3.8, 4) is 28.7 Å². The molecule has 2 atom stereocenters. The second kappa shape index (κ2) is 15.7. The summed E-state index contributed by atoms with van der Waals surface area (Å²) in [5.74, 6) is 2.03. The number of unbranched alkanes of at least 4 members (excludes halogenated alkanes) is 1. The number of Topliss-reactive ketones (excluding diaryl/α,β-unsaturated/α-hetero) is 1. The molecule has 0 spiro atoms. The van der Waals surface area contributed by atoms with Gasteiger partial charge >= 0.3 is 18.9 Å². The Morgan fingerprint density at radius 3 is 2.08 bits per heavy atom. The molecule has 0 N–H and O–H groups in total. The number of hydrogen-bond donors (Lipinski definition) is 0. The molecule has 1 aliphatic heterocycles. The zero-order chi connectivity index (χ0) is 26.2. The predicted octanol–water partition coefficient (Wildman–Crippen LogP) is 3.55. The van der Waals surface area contributed by atoms with Crippen LogP contribution in [-0.2, 0) is 0 Å². The van der Waals surface area contributed by atoms with Gasteiger partial charge in [0.15, 0.2) is 23.6 Å². The first-order valence-corrected chi connectivity index (χ1v) is 12.2. The number of fused-ring (bicyclic) bond motifs is 1. The van der Waals surface area contributed by atoms with Crippen molar-refractivity contribution in [3.05, 3.63) is 62.2 Å². The third-order valence-corrected chi connectivity index (χ3v) is 6.88. The van der Waals surface area contributed by atoms with Crippen molar-refractivity contribution in [1.29, 1.82) is 0 Å². The van der Waals surface area contributed by atoms with Crippen LogP contribution in [0.3, 0.4) is 0 Å². The van der Waals surface area contributed by atoms with Gasteiger partial charge in [-0.1, -0.05) is 25.2 Å². The van der Waals surface area contributed by atoms with Crippen LogP contribution in [0.15, 0.2) is 24.3 Å². The topological polar surface area (TPSA) is 80.3 Å². The SMILES string of the molecule is [CH2-]CC(C[CH2-])CCCCC1C(=O)c2c(C=O)cc(OC)cc2OC1c1cc(OC)c(OC)c(OC)c1.[CH3-].[Li+]. The summed E-state index contributed by atoms with van der Waals surface area (Å²) in [4.78, 5) is 25.7. The van der Waals surface area contributed by atoms with E-state index in [-0.39, 0.29) is 37.6 Å². The van der Waals surface area contributed by atoms with E-state index in [2.05, 4.69) is 13.8 Å². The molecule has 204 valence electrons. The van der Waals surface area contributed by atoms with E-state index in [9.17, 15) is 9.59 Å². The van der Waals surface area contributed by atoms with Crippen LogP contribution in [0.2, 0.25) is 0 Å². The Hall–Kier alpha value is -2.62. The number of ether oxygens (including phenoxy) is 5. The van der Waals surface area contributed by atoms with Gasteiger partial charge in [0, 0.05) is 17.2 Å². The average molecular weight is 519 g/mol. The maximum Gasteiger partial charge on any atom is 1.00 e.